The van der Waals surface area contributed by atoms with Gasteiger partial charge in [0.05, 0.1) is 18.1 Å². The number of amides is 1. The van der Waals surface area contributed by atoms with Crippen LogP contribution in [0.15, 0.2) is 69.7 Å². The number of carbonyl (C=O) groups excluding carboxylic acids is 1. The first-order chi connectivity index (χ1) is 15.9. The van der Waals surface area contributed by atoms with Crippen LogP contribution in [0.3, 0.4) is 0 Å². The minimum Gasteiger partial charge on any atom is -0.497 e. The third-order valence-electron chi connectivity index (χ3n) is 4.66. The van der Waals surface area contributed by atoms with Crippen molar-refractivity contribution in [3.05, 3.63) is 93.2 Å². The van der Waals surface area contributed by atoms with Crippen molar-refractivity contribution < 1.29 is 23.1 Å². The highest BCUT2D eigenvalue weighted by Gasteiger charge is 2.17. The van der Waals surface area contributed by atoms with Crippen LogP contribution in [0.4, 0.5) is 10.2 Å². The maximum atomic E-state index is 14.0. The summed E-state index contributed by atoms with van der Waals surface area (Å²) in [6.07, 6.45) is 1.62. The number of nitrogens with zero attached hydrogens (tertiary/aromatic N) is 2. The van der Waals surface area contributed by atoms with Gasteiger partial charge in [-0.1, -0.05) is 17.7 Å². The Labute approximate surface area is 202 Å². The molecule has 2 aromatic heterocycles. The monoisotopic (exact) mass is 533 g/mol. The molecule has 0 atom stereocenters. The van der Waals surface area contributed by atoms with E-state index in [4.69, 9.17) is 25.5 Å². The van der Waals surface area contributed by atoms with E-state index in [2.05, 4.69) is 26.3 Å². The zero-order valence-corrected chi connectivity index (χ0v) is 19.7. The van der Waals surface area contributed by atoms with Gasteiger partial charge in [0.1, 0.15) is 29.7 Å². The summed E-state index contributed by atoms with van der Waals surface area (Å²) < 4.78 is 32.4. The van der Waals surface area contributed by atoms with Crippen LogP contribution in [0.5, 0.6) is 11.5 Å². The standard InChI is InChI=1S/C23H18BrClFN3O4/c1-31-14-5-7-15(8-6-14)32-13-16-9-10-21(33-16)23(30)27-22-18(24)12-29(28-22)11-17-19(25)3-2-4-20(17)26/h2-10,12H,11,13H2,1H3,(H,27,28,30). The van der Waals surface area contributed by atoms with Gasteiger partial charge in [-0.15, -0.1) is 0 Å². The number of ether oxygens (including phenoxy) is 2. The van der Waals surface area contributed by atoms with Gasteiger partial charge in [0, 0.05) is 16.8 Å². The van der Waals surface area contributed by atoms with Crippen LogP contribution >= 0.6 is 27.5 Å². The Balaban J connectivity index is 1.38. The lowest BCUT2D eigenvalue weighted by Crippen LogP contribution is -2.12. The molecule has 0 saturated carbocycles. The molecule has 0 aliphatic heterocycles. The number of methoxy groups -OCH3 is 1. The largest absolute Gasteiger partial charge is 0.497 e. The van der Waals surface area contributed by atoms with Crippen LogP contribution in [0.2, 0.25) is 5.02 Å². The Morgan fingerprint density at radius 2 is 1.94 bits per heavy atom. The van der Waals surface area contributed by atoms with Gasteiger partial charge in [-0.25, -0.2) is 4.39 Å². The third kappa shape index (κ3) is 5.55. The predicted molar refractivity (Wildman–Crippen MR) is 124 cm³/mol. The van der Waals surface area contributed by atoms with Crippen molar-refractivity contribution in [2.24, 2.45) is 0 Å². The topological polar surface area (TPSA) is 78.5 Å². The van der Waals surface area contributed by atoms with E-state index < -0.39 is 11.7 Å². The van der Waals surface area contributed by atoms with Crippen molar-refractivity contribution >= 4 is 39.3 Å². The molecule has 0 spiro atoms. The van der Waals surface area contributed by atoms with Crippen LogP contribution in [-0.2, 0) is 13.2 Å². The molecule has 0 saturated heterocycles. The molecule has 4 aromatic rings. The minimum absolute atomic E-state index is 0.0990. The molecular weight excluding hydrogens is 517 g/mol. The van der Waals surface area contributed by atoms with Crippen LogP contribution in [0.25, 0.3) is 0 Å². The molecule has 0 radical (unpaired) electrons. The van der Waals surface area contributed by atoms with Crippen molar-refractivity contribution in [1.29, 1.82) is 0 Å². The van der Waals surface area contributed by atoms with E-state index >= 15 is 0 Å². The van der Waals surface area contributed by atoms with Crippen molar-refractivity contribution in [3.8, 4) is 11.5 Å². The summed E-state index contributed by atoms with van der Waals surface area (Å²) in [5, 5.41) is 7.25. The van der Waals surface area contributed by atoms with Gasteiger partial charge in [0.2, 0.25) is 0 Å². The second-order valence-electron chi connectivity index (χ2n) is 6.91. The van der Waals surface area contributed by atoms with Gasteiger partial charge in [-0.2, -0.15) is 5.10 Å². The first kappa shape index (κ1) is 22.9. The SMILES string of the molecule is COc1ccc(OCc2ccc(C(=O)Nc3nn(Cc4c(F)cccc4Cl)cc3Br)o2)cc1. The Bertz CT molecular complexity index is 1250. The maximum absolute atomic E-state index is 14.0. The summed E-state index contributed by atoms with van der Waals surface area (Å²) in [4.78, 5) is 12.6. The third-order valence-corrected chi connectivity index (χ3v) is 5.59. The summed E-state index contributed by atoms with van der Waals surface area (Å²) in [6, 6.07) is 14.8. The average Bonchev–Trinajstić information content (AvgIpc) is 3.42. The molecule has 0 fully saturated rings. The van der Waals surface area contributed by atoms with Gasteiger partial charge in [0.15, 0.2) is 11.6 Å². The molecule has 0 aliphatic carbocycles. The lowest BCUT2D eigenvalue weighted by molar-refractivity contribution is 0.0992. The summed E-state index contributed by atoms with van der Waals surface area (Å²) in [7, 11) is 1.59. The molecule has 7 nitrogen and oxygen atoms in total. The molecule has 10 heteroatoms. The highest BCUT2D eigenvalue weighted by molar-refractivity contribution is 9.10. The minimum atomic E-state index is -0.486. The molecule has 4 rings (SSSR count). The summed E-state index contributed by atoms with van der Waals surface area (Å²) >= 11 is 9.43. The zero-order chi connectivity index (χ0) is 23.4. The number of anilines is 1. The zero-order valence-electron chi connectivity index (χ0n) is 17.3. The number of aromatic nitrogens is 2. The average molecular weight is 535 g/mol. The second kappa shape index (κ2) is 10.1. The van der Waals surface area contributed by atoms with Crippen LogP contribution in [0, 0.1) is 5.82 Å². The van der Waals surface area contributed by atoms with E-state index in [1.807, 2.05) is 0 Å². The molecule has 2 heterocycles. The Kier molecular flexibility index (Phi) is 7.00. The number of rotatable bonds is 8. The van der Waals surface area contributed by atoms with Crippen LogP contribution < -0.4 is 14.8 Å². The van der Waals surface area contributed by atoms with E-state index in [0.29, 0.717) is 26.6 Å². The van der Waals surface area contributed by atoms with Gasteiger partial charge in [0.25, 0.3) is 5.91 Å². The fraction of sp³-hybridized carbons (Fsp3) is 0.130. The van der Waals surface area contributed by atoms with Crippen molar-refractivity contribution in [2.75, 3.05) is 12.4 Å². The quantitative estimate of drug-likeness (QED) is 0.304. The van der Waals surface area contributed by atoms with Crippen molar-refractivity contribution in [2.45, 2.75) is 13.2 Å². The second-order valence-corrected chi connectivity index (χ2v) is 8.17. The van der Waals surface area contributed by atoms with E-state index in [-0.39, 0.29) is 24.7 Å². The van der Waals surface area contributed by atoms with Crippen molar-refractivity contribution in [3.63, 3.8) is 0 Å². The lowest BCUT2D eigenvalue weighted by Gasteiger charge is -2.06. The van der Waals surface area contributed by atoms with Crippen LogP contribution in [0.1, 0.15) is 21.9 Å². The molecular formula is C23H18BrClFN3O4. The molecule has 1 amide bonds. The predicted octanol–water partition coefficient (Wildman–Crippen LogP) is 5.92. The summed E-state index contributed by atoms with van der Waals surface area (Å²) in [6.45, 7) is 0.259. The molecule has 0 bridgehead atoms. The summed E-state index contributed by atoms with van der Waals surface area (Å²) in [5.74, 6) is 1.30. The molecule has 2 aromatic carbocycles. The lowest BCUT2D eigenvalue weighted by atomic mass is 10.2. The maximum Gasteiger partial charge on any atom is 0.292 e. The fourth-order valence-corrected chi connectivity index (χ4v) is 3.62. The highest BCUT2D eigenvalue weighted by Crippen LogP contribution is 2.25. The number of furan rings is 1. The van der Waals surface area contributed by atoms with E-state index in [1.165, 1.54) is 16.8 Å². The molecule has 33 heavy (non-hydrogen) atoms. The first-order valence-corrected chi connectivity index (χ1v) is 10.9. The number of hydrogen-bond donors (Lipinski definition) is 1. The van der Waals surface area contributed by atoms with E-state index in [9.17, 15) is 9.18 Å². The number of nitrogens with one attached hydrogen (secondary N) is 1. The number of benzene rings is 2. The van der Waals surface area contributed by atoms with Crippen molar-refractivity contribution in [1.82, 2.24) is 9.78 Å². The van der Waals surface area contributed by atoms with Gasteiger partial charge < -0.3 is 19.2 Å². The molecule has 0 aliphatic rings. The summed E-state index contributed by atoms with van der Waals surface area (Å²) in [5.41, 5.74) is 0.305. The first-order valence-electron chi connectivity index (χ1n) is 9.75. The van der Waals surface area contributed by atoms with Gasteiger partial charge in [-0.05, 0) is 64.5 Å². The Hall–Kier alpha value is -3.30. The number of hydrogen-bond acceptors (Lipinski definition) is 5. The molecule has 170 valence electrons. The van der Waals surface area contributed by atoms with E-state index in [0.717, 1.165) is 5.75 Å². The molecule has 0 unspecified atom stereocenters. The Morgan fingerprint density at radius 1 is 1.18 bits per heavy atom. The fourth-order valence-electron chi connectivity index (χ4n) is 2.98. The highest BCUT2D eigenvalue weighted by atomic mass is 79.9. The smallest absolute Gasteiger partial charge is 0.292 e. The number of carbonyl (C=O) groups is 1. The van der Waals surface area contributed by atoms with E-state index in [1.54, 1.807) is 55.8 Å². The Morgan fingerprint density at radius 3 is 2.67 bits per heavy atom. The number of halogens is 3. The van der Waals surface area contributed by atoms with Crippen LogP contribution in [-0.4, -0.2) is 22.8 Å². The van der Waals surface area contributed by atoms with Gasteiger partial charge >= 0.3 is 0 Å². The molecule has 1 N–H and O–H groups in total. The normalized spacial score (nSPS) is 10.8. The van der Waals surface area contributed by atoms with Gasteiger partial charge in [-0.3, -0.25) is 9.48 Å².